The van der Waals surface area contributed by atoms with Crippen molar-refractivity contribution in [3.05, 3.63) is 29.8 Å². The summed E-state index contributed by atoms with van der Waals surface area (Å²) in [7, 11) is 4.49. The van der Waals surface area contributed by atoms with Crippen LogP contribution in [-0.4, -0.2) is 25.1 Å². The molecule has 1 unspecified atom stereocenters. The Kier molecular flexibility index (Phi) is 4.22. The van der Waals surface area contributed by atoms with Gasteiger partial charge in [0.25, 0.3) is 6.23 Å². The van der Waals surface area contributed by atoms with Gasteiger partial charge in [-0.1, -0.05) is 25.5 Å². The molecule has 0 amide bonds. The van der Waals surface area contributed by atoms with E-state index in [2.05, 4.69) is 33.2 Å². The highest BCUT2D eigenvalue weighted by atomic mass is 35.5. The molecule has 2 rings (SSSR count). The predicted molar refractivity (Wildman–Crippen MR) is 61.7 cm³/mol. The largest absolute Gasteiger partial charge is 1.00 e. The molecule has 1 aliphatic rings. The highest BCUT2D eigenvalue weighted by Crippen LogP contribution is 2.42. The lowest BCUT2D eigenvalue weighted by Gasteiger charge is -2.43. The van der Waals surface area contributed by atoms with Gasteiger partial charge in [-0.25, -0.2) is 0 Å². The van der Waals surface area contributed by atoms with Crippen LogP contribution in [0, 0.1) is 0 Å². The molecule has 16 heavy (non-hydrogen) atoms. The molecule has 1 heterocycles. The zero-order valence-corrected chi connectivity index (χ0v) is 11.0. The molecule has 2 nitrogen and oxygen atoms in total. The van der Waals surface area contributed by atoms with E-state index in [9.17, 15) is 0 Å². The van der Waals surface area contributed by atoms with Crippen LogP contribution in [0.1, 0.15) is 31.6 Å². The zero-order valence-electron chi connectivity index (χ0n) is 10.2. The quantitative estimate of drug-likeness (QED) is 0.673. The number of unbranched alkanes of at least 4 members (excludes halogenated alkanes) is 1. The van der Waals surface area contributed by atoms with Crippen molar-refractivity contribution < 1.29 is 21.6 Å². The average molecular weight is 242 g/mol. The molecule has 1 aliphatic heterocycles. The first-order valence-electron chi connectivity index (χ1n) is 5.73. The first-order chi connectivity index (χ1) is 7.15. The number of para-hydroxylation sites is 1. The first kappa shape index (κ1) is 13.3. The molecule has 1 aromatic rings. The number of fused-ring (bicyclic) bond motifs is 1. The number of hydrogen-bond acceptors (Lipinski definition) is 1. The molecule has 0 saturated carbocycles. The van der Waals surface area contributed by atoms with Crippen LogP contribution in [0.15, 0.2) is 24.3 Å². The van der Waals surface area contributed by atoms with Crippen LogP contribution >= 0.6 is 0 Å². The van der Waals surface area contributed by atoms with Crippen molar-refractivity contribution in [2.75, 3.05) is 20.6 Å². The predicted octanol–water partition coefficient (Wildman–Crippen LogP) is -0.0419. The first-order valence-corrected chi connectivity index (χ1v) is 5.73. The standard InChI is InChI=1S/C13H20NO.ClH/c1-4-5-10-14(2,3)13-11-8-6-7-9-12(11)15-13;/h6-9,13H,4-5,10H2,1-3H3;1H/q+1;/p-1. The van der Waals surface area contributed by atoms with Crippen molar-refractivity contribution in [2.45, 2.75) is 26.0 Å². The molecule has 0 N–H and O–H groups in total. The fourth-order valence-corrected chi connectivity index (χ4v) is 2.12. The fraction of sp³-hybridized carbons (Fsp3) is 0.538. The van der Waals surface area contributed by atoms with Gasteiger partial charge in [-0.2, -0.15) is 0 Å². The van der Waals surface area contributed by atoms with Gasteiger partial charge in [0.2, 0.25) is 0 Å². The Hall–Kier alpha value is -0.730. The number of nitrogens with zero attached hydrogens (tertiary/aromatic N) is 1. The maximum Gasteiger partial charge on any atom is 0.263 e. The number of quaternary nitrogens is 1. The Morgan fingerprint density at radius 1 is 1.25 bits per heavy atom. The number of hydrogen-bond donors (Lipinski definition) is 0. The summed E-state index contributed by atoms with van der Waals surface area (Å²) in [5, 5.41) is 0. The van der Waals surface area contributed by atoms with Gasteiger partial charge in [0, 0.05) is 0 Å². The molecule has 0 fully saturated rings. The van der Waals surface area contributed by atoms with Crippen LogP contribution in [0.25, 0.3) is 0 Å². The van der Waals surface area contributed by atoms with Gasteiger partial charge in [0.05, 0.1) is 26.2 Å². The van der Waals surface area contributed by atoms with Gasteiger partial charge in [-0.05, 0) is 18.6 Å². The number of benzene rings is 1. The van der Waals surface area contributed by atoms with Crippen molar-refractivity contribution in [1.29, 1.82) is 0 Å². The molecule has 0 bridgehead atoms. The third-order valence-corrected chi connectivity index (χ3v) is 3.15. The summed E-state index contributed by atoms with van der Waals surface area (Å²) >= 11 is 0. The minimum atomic E-state index is 0. The summed E-state index contributed by atoms with van der Waals surface area (Å²) in [6.07, 6.45) is 2.75. The molecular weight excluding hydrogens is 222 g/mol. The normalized spacial score (nSPS) is 17.8. The Balaban J connectivity index is 0.00000128. The molecule has 0 aliphatic carbocycles. The van der Waals surface area contributed by atoms with E-state index in [-0.39, 0.29) is 18.6 Å². The number of rotatable bonds is 4. The third kappa shape index (κ3) is 2.33. The van der Waals surface area contributed by atoms with Crippen LogP contribution in [0.2, 0.25) is 0 Å². The molecule has 0 saturated heterocycles. The summed E-state index contributed by atoms with van der Waals surface area (Å²) in [5.74, 6) is 1.06. The van der Waals surface area contributed by atoms with Gasteiger partial charge in [-0.15, -0.1) is 0 Å². The summed E-state index contributed by atoms with van der Waals surface area (Å²) in [4.78, 5) is 0. The number of halogens is 1. The highest BCUT2D eigenvalue weighted by Gasteiger charge is 2.40. The lowest BCUT2D eigenvalue weighted by Crippen LogP contribution is -3.00. The van der Waals surface area contributed by atoms with Crippen molar-refractivity contribution in [3.63, 3.8) is 0 Å². The summed E-state index contributed by atoms with van der Waals surface area (Å²) < 4.78 is 6.75. The van der Waals surface area contributed by atoms with Crippen LogP contribution in [-0.2, 0) is 0 Å². The van der Waals surface area contributed by atoms with Crippen molar-refractivity contribution >= 4 is 0 Å². The van der Waals surface area contributed by atoms with E-state index in [1.807, 2.05) is 12.1 Å². The molecule has 3 heteroatoms. The Morgan fingerprint density at radius 2 is 1.94 bits per heavy atom. The monoisotopic (exact) mass is 241 g/mol. The van der Waals surface area contributed by atoms with Crippen molar-refractivity contribution in [3.8, 4) is 5.75 Å². The summed E-state index contributed by atoms with van der Waals surface area (Å²) in [6.45, 7) is 3.41. The van der Waals surface area contributed by atoms with E-state index in [0.717, 1.165) is 10.2 Å². The van der Waals surface area contributed by atoms with Crippen LogP contribution in [0.4, 0.5) is 0 Å². The van der Waals surface area contributed by atoms with Crippen LogP contribution in [0.3, 0.4) is 0 Å². The van der Waals surface area contributed by atoms with Gasteiger partial charge >= 0.3 is 0 Å². The highest BCUT2D eigenvalue weighted by molar-refractivity contribution is 5.40. The zero-order chi connectivity index (χ0) is 10.9. The molecule has 0 spiro atoms. The van der Waals surface area contributed by atoms with Crippen LogP contribution in [0.5, 0.6) is 5.75 Å². The minimum Gasteiger partial charge on any atom is -1.00 e. The van der Waals surface area contributed by atoms with E-state index in [4.69, 9.17) is 4.74 Å². The van der Waals surface area contributed by atoms with Crippen LogP contribution < -0.4 is 17.1 Å². The lowest BCUT2D eigenvalue weighted by molar-refractivity contribution is -0.944. The lowest BCUT2D eigenvalue weighted by atomic mass is 10.1. The molecule has 1 atom stereocenters. The van der Waals surface area contributed by atoms with Crippen molar-refractivity contribution in [2.24, 2.45) is 0 Å². The van der Waals surface area contributed by atoms with Gasteiger partial charge in [0.1, 0.15) is 5.75 Å². The molecule has 1 aromatic carbocycles. The van der Waals surface area contributed by atoms with E-state index < -0.39 is 0 Å². The van der Waals surface area contributed by atoms with E-state index in [1.54, 1.807) is 0 Å². The van der Waals surface area contributed by atoms with Crippen molar-refractivity contribution in [1.82, 2.24) is 0 Å². The van der Waals surface area contributed by atoms with E-state index >= 15 is 0 Å². The summed E-state index contributed by atoms with van der Waals surface area (Å²) in [5.41, 5.74) is 1.36. The Labute approximate surface area is 104 Å². The fourth-order valence-electron chi connectivity index (χ4n) is 2.12. The minimum absolute atomic E-state index is 0. The van der Waals surface area contributed by atoms with Gasteiger partial charge in [0.15, 0.2) is 0 Å². The smallest absolute Gasteiger partial charge is 0.263 e. The average Bonchev–Trinajstić information content (AvgIpc) is 2.17. The van der Waals surface area contributed by atoms with Gasteiger partial charge in [-0.3, -0.25) is 4.48 Å². The topological polar surface area (TPSA) is 9.23 Å². The number of ether oxygens (including phenoxy) is 1. The molecule has 90 valence electrons. The summed E-state index contributed by atoms with van der Waals surface area (Å²) in [6, 6.07) is 8.34. The van der Waals surface area contributed by atoms with E-state index in [1.165, 1.54) is 24.9 Å². The maximum atomic E-state index is 5.82. The SMILES string of the molecule is CCCC[N+](C)(C)C1Oc2ccccc21.[Cl-]. The van der Waals surface area contributed by atoms with Gasteiger partial charge < -0.3 is 17.1 Å². The second-order valence-electron chi connectivity index (χ2n) is 4.86. The second-order valence-corrected chi connectivity index (χ2v) is 4.86. The Morgan fingerprint density at radius 3 is 2.56 bits per heavy atom. The molecular formula is C13H20ClNO. The maximum absolute atomic E-state index is 5.82. The van der Waals surface area contributed by atoms with E-state index in [0.29, 0.717) is 0 Å². The Bertz CT molecular complexity index is 352. The third-order valence-electron chi connectivity index (χ3n) is 3.15. The molecule has 0 radical (unpaired) electrons. The second kappa shape index (κ2) is 5.07. The molecule has 0 aromatic heterocycles.